The van der Waals surface area contributed by atoms with Crippen molar-refractivity contribution in [3.8, 4) is 5.75 Å². The molecule has 0 saturated heterocycles. The normalized spacial score (nSPS) is 9.57. The lowest BCUT2D eigenvalue weighted by atomic mass is 10.3. The van der Waals surface area contributed by atoms with Crippen LogP contribution in [0.2, 0.25) is 0 Å². The zero-order valence-corrected chi connectivity index (χ0v) is 8.36. The van der Waals surface area contributed by atoms with Crippen molar-refractivity contribution in [1.29, 1.82) is 0 Å². The van der Waals surface area contributed by atoms with E-state index in [0.29, 0.717) is 0 Å². The topological polar surface area (TPSA) is 55.6 Å². The van der Waals surface area contributed by atoms with E-state index < -0.39 is 0 Å². The number of primary amides is 1. The summed E-state index contributed by atoms with van der Waals surface area (Å²) in [6, 6.07) is 7.46. The van der Waals surface area contributed by atoms with Crippen LogP contribution >= 0.6 is 0 Å². The fraction of sp³-hybridized carbons (Fsp3) is 0.300. The van der Waals surface area contributed by atoms with Crippen LogP contribution in [0.15, 0.2) is 24.3 Å². The second-order valence-corrected chi connectivity index (χ2v) is 3.02. The van der Waals surface area contributed by atoms with Gasteiger partial charge in [0.05, 0.1) is 13.7 Å². The highest BCUT2D eigenvalue weighted by molar-refractivity contribution is 5.79. The van der Waals surface area contributed by atoms with Gasteiger partial charge < -0.3 is 15.4 Å². The Morgan fingerprint density at radius 1 is 1.57 bits per heavy atom. The molecule has 0 saturated carbocycles. The third kappa shape index (κ3) is 2.65. The molecule has 0 aliphatic heterocycles. The Morgan fingerprint density at radius 2 is 2.29 bits per heavy atom. The molecule has 0 spiro atoms. The summed E-state index contributed by atoms with van der Waals surface area (Å²) in [5.74, 6) is 0.411. The maximum absolute atomic E-state index is 10.7. The number of ether oxygens (including phenoxy) is 1. The molecule has 14 heavy (non-hydrogen) atoms. The molecule has 0 aromatic heterocycles. The fourth-order valence-electron chi connectivity index (χ4n) is 1.17. The van der Waals surface area contributed by atoms with Gasteiger partial charge in [-0.1, -0.05) is 6.07 Å². The maximum Gasteiger partial charge on any atom is 0.236 e. The summed E-state index contributed by atoms with van der Waals surface area (Å²) in [5.41, 5.74) is 6.00. The molecule has 0 atom stereocenters. The van der Waals surface area contributed by atoms with E-state index in [-0.39, 0.29) is 12.5 Å². The Kier molecular flexibility index (Phi) is 3.34. The fourth-order valence-corrected chi connectivity index (χ4v) is 1.17. The molecule has 0 aliphatic carbocycles. The monoisotopic (exact) mass is 194 g/mol. The van der Waals surface area contributed by atoms with Crippen molar-refractivity contribution in [3.05, 3.63) is 24.3 Å². The average molecular weight is 194 g/mol. The van der Waals surface area contributed by atoms with Crippen molar-refractivity contribution in [2.75, 3.05) is 25.6 Å². The summed E-state index contributed by atoms with van der Waals surface area (Å²) in [4.78, 5) is 12.5. The van der Waals surface area contributed by atoms with E-state index in [1.807, 2.05) is 24.3 Å². The predicted octanol–water partition coefficient (Wildman–Crippen LogP) is 0.617. The first kappa shape index (κ1) is 10.4. The van der Waals surface area contributed by atoms with Gasteiger partial charge in [0.2, 0.25) is 5.91 Å². The highest BCUT2D eigenvalue weighted by atomic mass is 16.5. The van der Waals surface area contributed by atoms with Gasteiger partial charge >= 0.3 is 0 Å². The van der Waals surface area contributed by atoms with Gasteiger partial charge in [0.1, 0.15) is 5.75 Å². The number of likely N-dealkylation sites (N-methyl/N-ethyl adjacent to an activating group) is 1. The van der Waals surface area contributed by atoms with E-state index in [4.69, 9.17) is 10.5 Å². The Bertz CT molecular complexity index is 326. The van der Waals surface area contributed by atoms with Crippen LogP contribution in [0.3, 0.4) is 0 Å². The maximum atomic E-state index is 10.7. The number of carbonyl (C=O) groups is 1. The lowest BCUT2D eigenvalue weighted by Crippen LogP contribution is -2.30. The van der Waals surface area contributed by atoms with Crippen molar-refractivity contribution in [1.82, 2.24) is 0 Å². The van der Waals surface area contributed by atoms with Gasteiger partial charge in [-0.15, -0.1) is 0 Å². The van der Waals surface area contributed by atoms with Crippen LogP contribution in [0, 0.1) is 0 Å². The zero-order valence-electron chi connectivity index (χ0n) is 8.36. The Balaban J connectivity index is 2.78. The van der Waals surface area contributed by atoms with E-state index in [1.54, 1.807) is 19.1 Å². The van der Waals surface area contributed by atoms with Crippen LogP contribution < -0.4 is 15.4 Å². The third-order valence-corrected chi connectivity index (χ3v) is 1.89. The molecule has 0 fully saturated rings. The van der Waals surface area contributed by atoms with Crippen LogP contribution in [0.25, 0.3) is 0 Å². The minimum absolute atomic E-state index is 0.202. The van der Waals surface area contributed by atoms with Crippen molar-refractivity contribution >= 4 is 11.6 Å². The SMILES string of the molecule is COc1cccc(N(C)CC(N)=O)c1. The van der Waals surface area contributed by atoms with Crippen LogP contribution in [0.4, 0.5) is 5.69 Å². The van der Waals surface area contributed by atoms with Gasteiger partial charge in [0.15, 0.2) is 0 Å². The van der Waals surface area contributed by atoms with Crippen molar-refractivity contribution in [3.63, 3.8) is 0 Å². The van der Waals surface area contributed by atoms with Crippen molar-refractivity contribution < 1.29 is 9.53 Å². The van der Waals surface area contributed by atoms with Crippen LogP contribution in [0.5, 0.6) is 5.75 Å². The minimum Gasteiger partial charge on any atom is -0.497 e. The molecule has 1 aromatic carbocycles. The van der Waals surface area contributed by atoms with Crippen LogP contribution in [0.1, 0.15) is 0 Å². The van der Waals surface area contributed by atoms with E-state index in [1.165, 1.54) is 0 Å². The molecule has 0 radical (unpaired) electrons. The van der Waals surface area contributed by atoms with Gasteiger partial charge in [-0.2, -0.15) is 0 Å². The number of hydrogen-bond donors (Lipinski definition) is 1. The van der Waals surface area contributed by atoms with Crippen LogP contribution in [-0.2, 0) is 4.79 Å². The Morgan fingerprint density at radius 3 is 2.86 bits per heavy atom. The first-order valence-corrected chi connectivity index (χ1v) is 4.27. The average Bonchev–Trinajstić information content (AvgIpc) is 2.17. The molecular weight excluding hydrogens is 180 g/mol. The largest absolute Gasteiger partial charge is 0.497 e. The summed E-state index contributed by atoms with van der Waals surface area (Å²) >= 11 is 0. The highest BCUT2D eigenvalue weighted by Crippen LogP contribution is 2.19. The molecule has 0 bridgehead atoms. The number of amides is 1. The van der Waals surface area contributed by atoms with Crippen molar-refractivity contribution in [2.45, 2.75) is 0 Å². The molecule has 0 heterocycles. The first-order chi connectivity index (χ1) is 6.63. The summed E-state index contributed by atoms with van der Waals surface area (Å²) in [7, 11) is 3.41. The molecule has 4 heteroatoms. The smallest absolute Gasteiger partial charge is 0.236 e. The number of methoxy groups -OCH3 is 1. The summed E-state index contributed by atoms with van der Waals surface area (Å²) in [6.45, 7) is 0.202. The summed E-state index contributed by atoms with van der Waals surface area (Å²) in [5, 5.41) is 0. The Labute approximate surface area is 83.3 Å². The standard InChI is InChI=1S/C10H14N2O2/c1-12(7-10(11)13)8-4-3-5-9(6-8)14-2/h3-6H,7H2,1-2H3,(H2,11,13). The lowest BCUT2D eigenvalue weighted by molar-refractivity contribution is -0.116. The van der Waals surface area contributed by atoms with Gasteiger partial charge in [-0.05, 0) is 12.1 Å². The Hall–Kier alpha value is -1.71. The number of benzene rings is 1. The number of nitrogens with two attached hydrogens (primary N) is 1. The van der Waals surface area contributed by atoms with E-state index in [9.17, 15) is 4.79 Å². The van der Waals surface area contributed by atoms with Gasteiger partial charge in [0.25, 0.3) is 0 Å². The minimum atomic E-state index is -0.352. The lowest BCUT2D eigenvalue weighted by Gasteiger charge is -2.17. The molecule has 1 rings (SSSR count). The van der Waals surface area contributed by atoms with E-state index in [0.717, 1.165) is 11.4 Å². The molecule has 0 unspecified atom stereocenters. The summed E-state index contributed by atoms with van der Waals surface area (Å²) in [6.07, 6.45) is 0. The number of anilines is 1. The van der Waals surface area contributed by atoms with E-state index >= 15 is 0 Å². The highest BCUT2D eigenvalue weighted by Gasteiger charge is 2.04. The zero-order chi connectivity index (χ0) is 10.6. The van der Waals surface area contributed by atoms with E-state index in [2.05, 4.69) is 0 Å². The van der Waals surface area contributed by atoms with Crippen molar-refractivity contribution in [2.24, 2.45) is 5.73 Å². The first-order valence-electron chi connectivity index (χ1n) is 4.27. The molecule has 76 valence electrons. The number of rotatable bonds is 4. The molecule has 2 N–H and O–H groups in total. The van der Waals surface area contributed by atoms with Gasteiger partial charge in [-0.3, -0.25) is 4.79 Å². The number of hydrogen-bond acceptors (Lipinski definition) is 3. The molecule has 1 amide bonds. The molecule has 0 aliphatic rings. The second kappa shape index (κ2) is 4.50. The third-order valence-electron chi connectivity index (χ3n) is 1.89. The van der Waals surface area contributed by atoms with Crippen LogP contribution in [-0.4, -0.2) is 26.6 Å². The molecule has 4 nitrogen and oxygen atoms in total. The second-order valence-electron chi connectivity index (χ2n) is 3.02. The molecule has 1 aromatic rings. The predicted molar refractivity (Wildman–Crippen MR) is 55.5 cm³/mol. The quantitative estimate of drug-likeness (QED) is 0.764. The van der Waals surface area contributed by atoms with Gasteiger partial charge in [-0.25, -0.2) is 0 Å². The van der Waals surface area contributed by atoms with Gasteiger partial charge in [0, 0.05) is 18.8 Å². The molecular formula is C10H14N2O2. The number of carbonyl (C=O) groups excluding carboxylic acids is 1. The summed E-state index contributed by atoms with van der Waals surface area (Å²) < 4.78 is 5.07. The number of nitrogens with zero attached hydrogens (tertiary/aromatic N) is 1.